The topological polar surface area (TPSA) is 43.8 Å². The second kappa shape index (κ2) is 5.31. The molecule has 0 aliphatic rings. The maximum absolute atomic E-state index is 5.61. The molecule has 3 heteroatoms. The van der Waals surface area contributed by atoms with Gasteiger partial charge in [-0.05, 0) is 45.7 Å². The lowest BCUT2D eigenvalue weighted by Gasteiger charge is -2.13. The van der Waals surface area contributed by atoms with Gasteiger partial charge in [0.1, 0.15) is 0 Å². The van der Waals surface area contributed by atoms with Crippen LogP contribution in [0.15, 0.2) is 0 Å². The Morgan fingerprint density at radius 2 is 2.07 bits per heavy atom. The van der Waals surface area contributed by atoms with Gasteiger partial charge in [0, 0.05) is 11.7 Å². The molecule has 86 valence electrons. The zero-order chi connectivity index (χ0) is 11.4. The summed E-state index contributed by atoms with van der Waals surface area (Å²) in [5.41, 5.74) is 9.37. The molecule has 2 N–H and O–H groups in total. The molecule has 1 atom stereocenters. The maximum atomic E-state index is 5.61. The minimum Gasteiger partial charge on any atom is -0.330 e. The summed E-state index contributed by atoms with van der Waals surface area (Å²) in [7, 11) is 0. The molecule has 1 aromatic rings. The van der Waals surface area contributed by atoms with Crippen molar-refractivity contribution in [2.24, 2.45) is 5.73 Å². The van der Waals surface area contributed by atoms with Crippen molar-refractivity contribution >= 4 is 0 Å². The van der Waals surface area contributed by atoms with E-state index in [1.807, 2.05) is 0 Å². The van der Waals surface area contributed by atoms with E-state index in [2.05, 4.69) is 37.5 Å². The molecule has 0 aliphatic heterocycles. The van der Waals surface area contributed by atoms with Crippen LogP contribution in [0.25, 0.3) is 0 Å². The number of hydrogen-bond donors (Lipinski definition) is 1. The average Bonchev–Trinajstić information content (AvgIpc) is 2.47. The van der Waals surface area contributed by atoms with Gasteiger partial charge in [-0.1, -0.05) is 13.3 Å². The summed E-state index contributed by atoms with van der Waals surface area (Å²) in [6.07, 6.45) is 3.33. The van der Waals surface area contributed by atoms with Crippen LogP contribution in [0.5, 0.6) is 0 Å². The van der Waals surface area contributed by atoms with Gasteiger partial charge in [-0.3, -0.25) is 4.68 Å². The summed E-state index contributed by atoms with van der Waals surface area (Å²) in [4.78, 5) is 0. The largest absolute Gasteiger partial charge is 0.330 e. The molecule has 1 heterocycles. The summed E-state index contributed by atoms with van der Waals surface area (Å²) >= 11 is 0. The summed E-state index contributed by atoms with van der Waals surface area (Å²) in [5.74, 6) is 0. The first kappa shape index (κ1) is 12.2. The van der Waals surface area contributed by atoms with Crippen LogP contribution in [0, 0.1) is 13.8 Å². The SMILES string of the molecule is CCCC(C)n1nc(C)c(CCN)c1C. The van der Waals surface area contributed by atoms with E-state index in [1.54, 1.807) is 0 Å². The first-order valence-electron chi connectivity index (χ1n) is 5.86. The predicted molar refractivity (Wildman–Crippen MR) is 64.1 cm³/mol. The third-order valence-corrected chi connectivity index (χ3v) is 2.99. The third kappa shape index (κ3) is 2.59. The standard InChI is InChI=1S/C12H23N3/c1-5-6-9(2)15-11(4)12(7-8-13)10(3)14-15/h9H,5-8,13H2,1-4H3. The highest BCUT2D eigenvalue weighted by molar-refractivity contribution is 5.25. The minimum atomic E-state index is 0.500. The van der Waals surface area contributed by atoms with E-state index >= 15 is 0 Å². The fourth-order valence-electron chi connectivity index (χ4n) is 2.17. The molecule has 0 aromatic carbocycles. The Labute approximate surface area is 92.7 Å². The number of aromatic nitrogens is 2. The normalized spacial score (nSPS) is 13.1. The van der Waals surface area contributed by atoms with Crippen LogP contribution in [0.4, 0.5) is 0 Å². The second-order valence-corrected chi connectivity index (χ2v) is 4.27. The number of aryl methyl sites for hydroxylation is 1. The molecule has 1 rings (SSSR count). The molecule has 0 saturated heterocycles. The summed E-state index contributed by atoms with van der Waals surface area (Å²) in [6.45, 7) is 9.37. The van der Waals surface area contributed by atoms with Crippen LogP contribution in [-0.2, 0) is 6.42 Å². The molecular weight excluding hydrogens is 186 g/mol. The number of hydrogen-bond acceptors (Lipinski definition) is 2. The Hall–Kier alpha value is -0.830. The summed E-state index contributed by atoms with van der Waals surface area (Å²) < 4.78 is 2.16. The zero-order valence-corrected chi connectivity index (χ0v) is 10.4. The van der Waals surface area contributed by atoms with E-state index in [0.717, 1.165) is 12.1 Å². The van der Waals surface area contributed by atoms with E-state index in [9.17, 15) is 0 Å². The quantitative estimate of drug-likeness (QED) is 0.809. The number of nitrogens with two attached hydrogens (primary N) is 1. The predicted octanol–water partition coefficient (Wildman–Crippen LogP) is 2.36. The van der Waals surface area contributed by atoms with Gasteiger partial charge in [0.05, 0.1) is 5.69 Å². The Bertz CT molecular complexity index is 315. The first-order valence-corrected chi connectivity index (χ1v) is 5.86. The average molecular weight is 209 g/mol. The zero-order valence-electron chi connectivity index (χ0n) is 10.4. The molecule has 0 saturated carbocycles. The molecule has 0 aliphatic carbocycles. The highest BCUT2D eigenvalue weighted by Gasteiger charge is 2.14. The van der Waals surface area contributed by atoms with Crippen molar-refractivity contribution < 1.29 is 0 Å². The van der Waals surface area contributed by atoms with E-state index in [4.69, 9.17) is 5.73 Å². The Balaban J connectivity index is 2.95. The molecular formula is C12H23N3. The number of nitrogens with zero attached hydrogens (tertiary/aromatic N) is 2. The van der Waals surface area contributed by atoms with Gasteiger partial charge in [0.15, 0.2) is 0 Å². The molecule has 1 unspecified atom stereocenters. The van der Waals surface area contributed by atoms with Gasteiger partial charge in [0.2, 0.25) is 0 Å². The highest BCUT2D eigenvalue weighted by atomic mass is 15.3. The molecule has 0 bridgehead atoms. The van der Waals surface area contributed by atoms with Crippen LogP contribution in [0.1, 0.15) is 49.7 Å². The van der Waals surface area contributed by atoms with Crippen molar-refractivity contribution in [1.29, 1.82) is 0 Å². The number of rotatable bonds is 5. The molecule has 0 fully saturated rings. The van der Waals surface area contributed by atoms with E-state index in [-0.39, 0.29) is 0 Å². The monoisotopic (exact) mass is 209 g/mol. The lowest BCUT2D eigenvalue weighted by molar-refractivity contribution is 0.443. The lowest BCUT2D eigenvalue weighted by atomic mass is 10.1. The lowest BCUT2D eigenvalue weighted by Crippen LogP contribution is -2.09. The molecule has 3 nitrogen and oxygen atoms in total. The van der Waals surface area contributed by atoms with Crippen LogP contribution in [0.3, 0.4) is 0 Å². The van der Waals surface area contributed by atoms with Gasteiger partial charge in [-0.2, -0.15) is 5.10 Å². The van der Waals surface area contributed by atoms with Gasteiger partial charge in [-0.25, -0.2) is 0 Å². The highest BCUT2D eigenvalue weighted by Crippen LogP contribution is 2.20. The second-order valence-electron chi connectivity index (χ2n) is 4.27. The minimum absolute atomic E-state index is 0.500. The van der Waals surface area contributed by atoms with Crippen LogP contribution in [0.2, 0.25) is 0 Å². The maximum Gasteiger partial charge on any atom is 0.0629 e. The fraction of sp³-hybridized carbons (Fsp3) is 0.750. The third-order valence-electron chi connectivity index (χ3n) is 2.99. The van der Waals surface area contributed by atoms with Crippen LogP contribution < -0.4 is 5.73 Å². The molecule has 0 amide bonds. The van der Waals surface area contributed by atoms with Crippen LogP contribution in [-0.4, -0.2) is 16.3 Å². The van der Waals surface area contributed by atoms with Crippen molar-refractivity contribution in [3.63, 3.8) is 0 Å². The van der Waals surface area contributed by atoms with Crippen molar-refractivity contribution in [3.8, 4) is 0 Å². The van der Waals surface area contributed by atoms with E-state index < -0.39 is 0 Å². The van der Waals surface area contributed by atoms with Gasteiger partial charge in [0.25, 0.3) is 0 Å². The van der Waals surface area contributed by atoms with Crippen molar-refractivity contribution in [2.75, 3.05) is 6.54 Å². The smallest absolute Gasteiger partial charge is 0.0629 e. The van der Waals surface area contributed by atoms with Gasteiger partial charge < -0.3 is 5.73 Å². The van der Waals surface area contributed by atoms with Crippen molar-refractivity contribution in [3.05, 3.63) is 17.0 Å². The molecule has 0 radical (unpaired) electrons. The van der Waals surface area contributed by atoms with E-state index in [1.165, 1.54) is 24.1 Å². The summed E-state index contributed by atoms with van der Waals surface area (Å²) in [6, 6.07) is 0.500. The van der Waals surface area contributed by atoms with Crippen LogP contribution >= 0.6 is 0 Å². The first-order chi connectivity index (χ1) is 7.11. The van der Waals surface area contributed by atoms with E-state index in [0.29, 0.717) is 12.6 Å². The fourth-order valence-corrected chi connectivity index (χ4v) is 2.17. The van der Waals surface area contributed by atoms with Crippen molar-refractivity contribution in [1.82, 2.24) is 9.78 Å². The van der Waals surface area contributed by atoms with Gasteiger partial charge in [-0.15, -0.1) is 0 Å². The Morgan fingerprint density at radius 3 is 2.60 bits per heavy atom. The molecule has 15 heavy (non-hydrogen) atoms. The Kier molecular flexibility index (Phi) is 4.33. The van der Waals surface area contributed by atoms with Gasteiger partial charge >= 0.3 is 0 Å². The van der Waals surface area contributed by atoms with Crippen molar-refractivity contribution in [2.45, 2.75) is 53.0 Å². The summed E-state index contributed by atoms with van der Waals surface area (Å²) in [5, 5.41) is 4.61. The Morgan fingerprint density at radius 1 is 1.40 bits per heavy atom. The molecule has 1 aromatic heterocycles. The molecule has 0 spiro atoms.